The molecule has 0 aliphatic carbocycles. The van der Waals surface area contributed by atoms with Crippen LogP contribution in [-0.2, 0) is 26.2 Å². The molecule has 214 valence electrons. The van der Waals surface area contributed by atoms with E-state index < -0.39 is 28.5 Å². The smallest absolute Gasteiger partial charge is 0.264 e. The summed E-state index contributed by atoms with van der Waals surface area (Å²) in [6, 6.07) is 19.8. The quantitative estimate of drug-likeness (QED) is 0.295. The molecule has 0 aliphatic heterocycles. The second-order valence-corrected chi connectivity index (χ2v) is 12.7. The zero-order valence-electron chi connectivity index (χ0n) is 23.7. The Hall–Kier alpha value is -3.36. The summed E-state index contributed by atoms with van der Waals surface area (Å²) in [4.78, 5) is 28.9. The lowest BCUT2D eigenvalue weighted by atomic mass is 10.1. The minimum atomic E-state index is -4.10. The molecule has 0 saturated carbocycles. The molecule has 1 N–H and O–H groups in total. The molecule has 1 unspecified atom stereocenters. The molecule has 0 fully saturated rings. The van der Waals surface area contributed by atoms with Crippen molar-refractivity contribution in [3.05, 3.63) is 94.5 Å². The largest absolute Gasteiger partial charge is 0.354 e. The third kappa shape index (κ3) is 8.08. The van der Waals surface area contributed by atoms with Crippen molar-refractivity contribution in [1.82, 2.24) is 10.2 Å². The van der Waals surface area contributed by atoms with Crippen LogP contribution < -0.4 is 9.62 Å². The van der Waals surface area contributed by atoms with Crippen LogP contribution in [0.25, 0.3) is 0 Å². The molecule has 3 rings (SSSR count). The van der Waals surface area contributed by atoms with Crippen molar-refractivity contribution in [2.24, 2.45) is 5.92 Å². The number of nitrogens with one attached hydrogen (secondary N) is 1. The molecule has 0 heterocycles. The van der Waals surface area contributed by atoms with E-state index in [2.05, 4.69) is 5.32 Å². The second-order valence-electron chi connectivity index (χ2n) is 10.4. The van der Waals surface area contributed by atoms with Crippen LogP contribution >= 0.6 is 11.6 Å². The van der Waals surface area contributed by atoms with Gasteiger partial charge in [-0.05, 0) is 73.7 Å². The lowest BCUT2D eigenvalue weighted by Gasteiger charge is -2.33. The monoisotopic (exact) mass is 583 g/mol. The average molecular weight is 584 g/mol. The molecule has 0 spiro atoms. The second kappa shape index (κ2) is 13.8. The van der Waals surface area contributed by atoms with Crippen LogP contribution in [0, 0.1) is 19.8 Å². The van der Waals surface area contributed by atoms with Crippen LogP contribution in [0.4, 0.5) is 5.69 Å². The Morgan fingerprint density at radius 1 is 0.925 bits per heavy atom. The fraction of sp³-hybridized carbons (Fsp3) is 0.355. The van der Waals surface area contributed by atoms with E-state index in [0.717, 1.165) is 21.0 Å². The first kappa shape index (κ1) is 31.2. The zero-order chi connectivity index (χ0) is 29.4. The van der Waals surface area contributed by atoms with E-state index in [1.54, 1.807) is 54.6 Å². The van der Waals surface area contributed by atoms with Gasteiger partial charge in [-0.25, -0.2) is 8.42 Å². The Morgan fingerprint density at radius 2 is 1.57 bits per heavy atom. The van der Waals surface area contributed by atoms with Gasteiger partial charge in [0.25, 0.3) is 10.0 Å². The van der Waals surface area contributed by atoms with Crippen molar-refractivity contribution in [2.45, 2.75) is 58.5 Å². The molecule has 9 heteroatoms. The van der Waals surface area contributed by atoms with Gasteiger partial charge in [0.2, 0.25) is 11.8 Å². The van der Waals surface area contributed by atoms with Gasteiger partial charge in [-0.1, -0.05) is 74.3 Å². The number of nitrogens with zero attached hydrogens (tertiary/aromatic N) is 2. The molecule has 0 aromatic heterocycles. The van der Waals surface area contributed by atoms with Crippen LogP contribution in [0.2, 0.25) is 5.02 Å². The van der Waals surface area contributed by atoms with Gasteiger partial charge in [-0.2, -0.15) is 0 Å². The van der Waals surface area contributed by atoms with Crippen LogP contribution in [0.5, 0.6) is 0 Å². The first-order valence-electron chi connectivity index (χ1n) is 13.4. The summed E-state index contributed by atoms with van der Waals surface area (Å²) in [6.07, 6.45) is 0.360. The zero-order valence-corrected chi connectivity index (χ0v) is 25.3. The van der Waals surface area contributed by atoms with E-state index >= 15 is 0 Å². The summed E-state index contributed by atoms with van der Waals surface area (Å²) in [5, 5.41) is 3.49. The van der Waals surface area contributed by atoms with Crippen molar-refractivity contribution >= 4 is 39.1 Å². The number of rotatable bonds is 12. The molecule has 3 aromatic carbocycles. The highest BCUT2D eigenvalue weighted by Crippen LogP contribution is 2.26. The maximum atomic E-state index is 14.1. The standard InChI is InChI=1S/C31H38ClN3O4S/c1-6-29(31(37)33-19-22(2)3)34(20-25-12-14-26(32)15-13-25)30(36)21-35(27-9-7-8-24(5)18-27)40(38,39)28-16-10-23(4)11-17-28/h7-18,22,29H,6,19-21H2,1-5H3,(H,33,37). The van der Waals surface area contributed by atoms with Crippen molar-refractivity contribution < 1.29 is 18.0 Å². The lowest BCUT2D eigenvalue weighted by Crippen LogP contribution is -2.52. The number of amides is 2. The highest BCUT2D eigenvalue weighted by molar-refractivity contribution is 7.92. The van der Waals surface area contributed by atoms with Crippen molar-refractivity contribution in [3.63, 3.8) is 0 Å². The first-order valence-corrected chi connectivity index (χ1v) is 15.2. The van der Waals surface area contributed by atoms with Crippen molar-refractivity contribution in [3.8, 4) is 0 Å². The Bertz CT molecular complexity index is 1410. The molecule has 1 atom stereocenters. The average Bonchev–Trinajstić information content (AvgIpc) is 2.91. The van der Waals surface area contributed by atoms with E-state index in [4.69, 9.17) is 11.6 Å². The molecular formula is C31H38ClN3O4S. The van der Waals surface area contributed by atoms with Crippen LogP contribution in [0.3, 0.4) is 0 Å². The Morgan fingerprint density at radius 3 is 2.15 bits per heavy atom. The number of anilines is 1. The Balaban J connectivity index is 2.04. The van der Waals surface area contributed by atoms with E-state index in [1.807, 2.05) is 40.7 Å². The molecule has 0 aliphatic rings. The molecule has 0 radical (unpaired) electrons. The number of hydrogen-bond acceptors (Lipinski definition) is 4. The number of hydrogen-bond donors (Lipinski definition) is 1. The molecule has 2 amide bonds. The third-order valence-corrected chi connectivity index (χ3v) is 8.55. The summed E-state index contributed by atoms with van der Waals surface area (Å²) in [7, 11) is -4.10. The van der Waals surface area contributed by atoms with Gasteiger partial charge in [0.1, 0.15) is 12.6 Å². The van der Waals surface area contributed by atoms with Gasteiger partial charge >= 0.3 is 0 Å². The number of halogens is 1. The number of benzene rings is 3. The van der Waals surface area contributed by atoms with Crippen molar-refractivity contribution in [2.75, 3.05) is 17.4 Å². The van der Waals surface area contributed by atoms with Crippen LogP contribution in [0.1, 0.15) is 43.9 Å². The van der Waals surface area contributed by atoms with Crippen molar-refractivity contribution in [1.29, 1.82) is 0 Å². The van der Waals surface area contributed by atoms with Gasteiger partial charge in [-0.3, -0.25) is 13.9 Å². The fourth-order valence-electron chi connectivity index (χ4n) is 4.28. The summed E-state index contributed by atoms with van der Waals surface area (Å²) >= 11 is 6.07. The van der Waals surface area contributed by atoms with Gasteiger partial charge < -0.3 is 10.2 Å². The van der Waals surface area contributed by atoms with E-state index in [9.17, 15) is 18.0 Å². The van der Waals surface area contributed by atoms with Gasteiger partial charge in [-0.15, -0.1) is 0 Å². The van der Waals surface area contributed by atoms with Gasteiger partial charge in [0.05, 0.1) is 10.6 Å². The Kier molecular flexibility index (Phi) is 10.8. The molecule has 7 nitrogen and oxygen atoms in total. The normalized spacial score (nSPS) is 12.2. The lowest BCUT2D eigenvalue weighted by molar-refractivity contribution is -0.140. The van der Waals surface area contributed by atoms with Gasteiger partial charge in [0, 0.05) is 18.1 Å². The summed E-state index contributed by atoms with van der Waals surface area (Å²) in [5.74, 6) is -0.529. The summed E-state index contributed by atoms with van der Waals surface area (Å²) in [5.41, 5.74) is 2.92. The van der Waals surface area contributed by atoms with Crippen LogP contribution in [-0.4, -0.2) is 44.3 Å². The number of sulfonamides is 1. The van der Waals surface area contributed by atoms with E-state index in [-0.39, 0.29) is 23.3 Å². The maximum absolute atomic E-state index is 14.1. The van der Waals surface area contributed by atoms with E-state index in [1.165, 1.54) is 17.0 Å². The summed E-state index contributed by atoms with van der Waals surface area (Å²) < 4.78 is 29.0. The summed E-state index contributed by atoms with van der Waals surface area (Å²) in [6.45, 7) is 9.68. The number of aryl methyl sites for hydroxylation is 2. The minimum Gasteiger partial charge on any atom is -0.354 e. The molecule has 40 heavy (non-hydrogen) atoms. The van der Waals surface area contributed by atoms with Gasteiger partial charge in [0.15, 0.2) is 0 Å². The topological polar surface area (TPSA) is 86.8 Å². The molecule has 0 bridgehead atoms. The Labute approximate surface area is 243 Å². The molecule has 3 aromatic rings. The molecular weight excluding hydrogens is 546 g/mol. The van der Waals surface area contributed by atoms with Crippen LogP contribution in [0.15, 0.2) is 77.7 Å². The predicted molar refractivity (Wildman–Crippen MR) is 161 cm³/mol. The van der Waals surface area contributed by atoms with E-state index in [0.29, 0.717) is 23.7 Å². The minimum absolute atomic E-state index is 0.0818. The molecule has 0 saturated heterocycles. The predicted octanol–water partition coefficient (Wildman–Crippen LogP) is 5.73. The maximum Gasteiger partial charge on any atom is 0.264 e. The fourth-order valence-corrected chi connectivity index (χ4v) is 5.81. The first-order chi connectivity index (χ1) is 18.9. The SMILES string of the molecule is CCC(C(=O)NCC(C)C)N(Cc1ccc(Cl)cc1)C(=O)CN(c1cccc(C)c1)S(=O)(=O)c1ccc(C)cc1. The number of carbonyl (C=O) groups is 2. The number of carbonyl (C=O) groups excluding carboxylic acids is 2. The third-order valence-electron chi connectivity index (χ3n) is 6.51. The highest BCUT2D eigenvalue weighted by Gasteiger charge is 2.33. The highest BCUT2D eigenvalue weighted by atomic mass is 35.5.